The summed E-state index contributed by atoms with van der Waals surface area (Å²) in [6.07, 6.45) is 1.81. The summed E-state index contributed by atoms with van der Waals surface area (Å²) >= 11 is 0. The van der Waals surface area contributed by atoms with E-state index in [4.69, 9.17) is 0 Å². The summed E-state index contributed by atoms with van der Waals surface area (Å²) in [6.45, 7) is 0. The quantitative estimate of drug-likeness (QED) is 0.701. The van der Waals surface area contributed by atoms with Crippen LogP contribution in [0.25, 0.3) is 10.9 Å². The van der Waals surface area contributed by atoms with Gasteiger partial charge < -0.3 is 10.1 Å². The molecule has 2 N–H and O–H groups in total. The second-order valence-electron chi connectivity index (χ2n) is 2.22. The average molecular weight is 222 g/mol. The summed E-state index contributed by atoms with van der Waals surface area (Å²) in [7, 11) is 0. The number of benzene rings is 1. The molecule has 1 aromatic heterocycles. The molecule has 0 saturated heterocycles. The van der Waals surface area contributed by atoms with Gasteiger partial charge in [-0.1, -0.05) is 6.07 Å². The van der Waals surface area contributed by atoms with E-state index in [1.807, 2.05) is 24.4 Å². The number of aromatic hydroxyl groups is 1. The van der Waals surface area contributed by atoms with E-state index in [1.165, 1.54) is 0 Å². The number of phenols is 1. The normalized spacial score (nSPS) is 9.45. The van der Waals surface area contributed by atoms with E-state index in [1.54, 1.807) is 6.07 Å². The van der Waals surface area contributed by atoms with Gasteiger partial charge in [-0.2, -0.15) is 0 Å². The maximum absolute atomic E-state index is 9.24. The van der Waals surface area contributed by atoms with Gasteiger partial charge >= 0.3 is 0 Å². The Kier molecular flexibility index (Phi) is 2.69. The maximum Gasteiger partial charge on any atom is 0.124 e. The van der Waals surface area contributed by atoms with Crippen molar-refractivity contribution in [1.29, 1.82) is 0 Å². The molecule has 2 nitrogen and oxygen atoms in total. The molecule has 0 spiro atoms. The van der Waals surface area contributed by atoms with Gasteiger partial charge in [-0.25, -0.2) is 0 Å². The maximum atomic E-state index is 9.24. The van der Waals surface area contributed by atoms with Crippen molar-refractivity contribution in [3.8, 4) is 5.75 Å². The third kappa shape index (κ3) is 1.47. The van der Waals surface area contributed by atoms with Gasteiger partial charge in [0.2, 0.25) is 0 Å². The van der Waals surface area contributed by atoms with E-state index in [-0.39, 0.29) is 32.7 Å². The van der Waals surface area contributed by atoms with E-state index >= 15 is 0 Å². The third-order valence-corrected chi connectivity index (χ3v) is 1.57. The number of hydrogen-bond acceptors (Lipinski definition) is 1. The predicted molar refractivity (Wildman–Crippen MR) is 40.0 cm³/mol. The van der Waals surface area contributed by atoms with Crippen molar-refractivity contribution in [2.75, 3.05) is 0 Å². The molecule has 0 aliphatic carbocycles. The van der Waals surface area contributed by atoms with Crippen LogP contribution >= 0.6 is 0 Å². The molecule has 11 heavy (non-hydrogen) atoms. The van der Waals surface area contributed by atoms with Crippen LogP contribution in [-0.2, 0) is 32.7 Å². The summed E-state index contributed by atoms with van der Waals surface area (Å²) in [6, 6.07) is 7.27. The Hall–Kier alpha value is -0.336. The van der Waals surface area contributed by atoms with E-state index in [0.717, 1.165) is 10.9 Å². The van der Waals surface area contributed by atoms with Crippen molar-refractivity contribution in [1.82, 2.24) is 4.98 Å². The molecule has 2 aromatic rings. The molecule has 0 fully saturated rings. The molecule has 1 heterocycles. The summed E-state index contributed by atoms with van der Waals surface area (Å²) in [5, 5.41) is 10.1. The SMILES string of the molecule is Oc1cccc2[nH]ccc12.[Y]. The number of phenolic OH excluding ortho intramolecular Hbond substituents is 1. The van der Waals surface area contributed by atoms with E-state index in [9.17, 15) is 5.11 Å². The molecule has 53 valence electrons. The van der Waals surface area contributed by atoms with Crippen molar-refractivity contribution in [2.45, 2.75) is 0 Å². The number of hydrogen-bond donors (Lipinski definition) is 2. The van der Waals surface area contributed by atoms with Crippen molar-refractivity contribution in [3.05, 3.63) is 30.5 Å². The van der Waals surface area contributed by atoms with Crippen LogP contribution in [0.15, 0.2) is 30.5 Å². The molecule has 2 rings (SSSR count). The van der Waals surface area contributed by atoms with E-state index in [0.29, 0.717) is 5.75 Å². The van der Waals surface area contributed by atoms with Crippen LogP contribution in [-0.4, -0.2) is 10.1 Å². The largest absolute Gasteiger partial charge is 0.507 e. The minimum atomic E-state index is 0. The van der Waals surface area contributed by atoms with Gasteiger partial charge in [-0.3, -0.25) is 0 Å². The fourth-order valence-electron chi connectivity index (χ4n) is 1.07. The molecule has 0 saturated carbocycles. The Bertz CT molecular complexity index is 356. The van der Waals surface area contributed by atoms with Gasteiger partial charge in [0.25, 0.3) is 0 Å². The van der Waals surface area contributed by atoms with Crippen molar-refractivity contribution in [2.24, 2.45) is 0 Å². The summed E-state index contributed by atoms with van der Waals surface area (Å²) in [4.78, 5) is 3.00. The Morgan fingerprint density at radius 3 is 2.73 bits per heavy atom. The first kappa shape index (κ1) is 8.76. The molecule has 0 aliphatic heterocycles. The molecular weight excluding hydrogens is 215 g/mol. The smallest absolute Gasteiger partial charge is 0.124 e. The van der Waals surface area contributed by atoms with E-state index in [2.05, 4.69) is 4.98 Å². The standard InChI is InChI=1S/C8H7NO.Y/c10-8-3-1-2-7-6(8)4-5-9-7;/h1-5,9-10H;. The Labute approximate surface area is 89.5 Å². The van der Waals surface area contributed by atoms with Crippen LogP contribution in [0, 0.1) is 0 Å². The van der Waals surface area contributed by atoms with E-state index < -0.39 is 0 Å². The molecule has 0 bridgehead atoms. The number of aromatic amines is 1. The zero-order valence-corrected chi connectivity index (χ0v) is 8.75. The van der Waals surface area contributed by atoms with Gasteiger partial charge in [0, 0.05) is 49.8 Å². The monoisotopic (exact) mass is 222 g/mol. The number of nitrogens with one attached hydrogen (secondary N) is 1. The van der Waals surface area contributed by atoms with Crippen molar-refractivity contribution in [3.63, 3.8) is 0 Å². The molecule has 1 aromatic carbocycles. The first-order valence-electron chi connectivity index (χ1n) is 3.13. The molecule has 0 atom stereocenters. The summed E-state index contributed by atoms with van der Waals surface area (Å²) in [5.41, 5.74) is 0.972. The zero-order chi connectivity index (χ0) is 6.97. The first-order valence-corrected chi connectivity index (χ1v) is 3.13. The summed E-state index contributed by atoms with van der Waals surface area (Å²) in [5.74, 6) is 0.332. The molecule has 0 amide bonds. The average Bonchev–Trinajstić information content (AvgIpc) is 2.36. The van der Waals surface area contributed by atoms with Gasteiger partial charge in [-0.05, 0) is 18.2 Å². The molecule has 0 aliphatic rings. The predicted octanol–water partition coefficient (Wildman–Crippen LogP) is 1.87. The van der Waals surface area contributed by atoms with Crippen molar-refractivity contribution < 1.29 is 37.8 Å². The van der Waals surface area contributed by atoms with Crippen LogP contribution in [0.1, 0.15) is 0 Å². The minimum absolute atomic E-state index is 0. The molecule has 3 heteroatoms. The third-order valence-electron chi connectivity index (χ3n) is 1.57. The minimum Gasteiger partial charge on any atom is -0.507 e. The Morgan fingerprint density at radius 1 is 1.18 bits per heavy atom. The van der Waals surface area contributed by atoms with Crippen LogP contribution in [0.3, 0.4) is 0 Å². The van der Waals surface area contributed by atoms with Crippen LogP contribution in [0.5, 0.6) is 5.75 Å². The van der Waals surface area contributed by atoms with Crippen molar-refractivity contribution >= 4 is 10.9 Å². The van der Waals surface area contributed by atoms with Gasteiger partial charge in [0.1, 0.15) is 5.75 Å². The molecule has 1 radical (unpaired) electrons. The Balaban J connectivity index is 0.000000605. The number of aromatic nitrogens is 1. The van der Waals surface area contributed by atoms with Crippen LogP contribution < -0.4 is 0 Å². The second-order valence-corrected chi connectivity index (χ2v) is 2.22. The van der Waals surface area contributed by atoms with Crippen LogP contribution in [0.4, 0.5) is 0 Å². The second kappa shape index (κ2) is 3.37. The zero-order valence-electron chi connectivity index (χ0n) is 5.91. The fraction of sp³-hybridized carbons (Fsp3) is 0. The van der Waals surface area contributed by atoms with Gasteiger partial charge in [0.05, 0.1) is 0 Å². The Morgan fingerprint density at radius 2 is 2.00 bits per heavy atom. The molecule has 0 unspecified atom stereocenters. The number of rotatable bonds is 0. The number of fused-ring (bicyclic) bond motifs is 1. The first-order chi connectivity index (χ1) is 4.88. The van der Waals surface area contributed by atoms with Gasteiger partial charge in [0.15, 0.2) is 0 Å². The topological polar surface area (TPSA) is 36.0 Å². The summed E-state index contributed by atoms with van der Waals surface area (Å²) < 4.78 is 0. The number of H-pyrrole nitrogens is 1. The fourth-order valence-corrected chi connectivity index (χ4v) is 1.07. The molecular formula is C8H7NOY. The van der Waals surface area contributed by atoms with Gasteiger partial charge in [-0.15, -0.1) is 0 Å². The van der Waals surface area contributed by atoms with Crippen LogP contribution in [0.2, 0.25) is 0 Å².